The van der Waals surface area contributed by atoms with Gasteiger partial charge in [0, 0.05) is 13.2 Å². The quantitative estimate of drug-likeness (QED) is 0.787. The molecule has 0 amide bonds. The number of halogens is 1. The third-order valence-electron chi connectivity index (χ3n) is 2.78. The van der Waals surface area contributed by atoms with E-state index in [4.69, 9.17) is 4.74 Å². The fourth-order valence-corrected chi connectivity index (χ4v) is 4.74. The van der Waals surface area contributed by atoms with Crippen LogP contribution in [0.4, 0.5) is 0 Å². The van der Waals surface area contributed by atoms with Crippen LogP contribution in [0.15, 0.2) is 44.4 Å². The van der Waals surface area contributed by atoms with Crippen LogP contribution in [-0.2, 0) is 27.9 Å². The molecule has 0 fully saturated rings. The molecule has 0 aliphatic rings. The van der Waals surface area contributed by atoms with E-state index in [-0.39, 0.29) is 6.54 Å². The van der Waals surface area contributed by atoms with Gasteiger partial charge in [-0.3, -0.25) is 0 Å². The lowest BCUT2D eigenvalue weighted by Crippen LogP contribution is -2.22. The van der Waals surface area contributed by atoms with E-state index in [0.29, 0.717) is 17.4 Å². The molecular weight excluding hydrogens is 374 g/mol. The summed E-state index contributed by atoms with van der Waals surface area (Å²) < 4.78 is 33.2. The predicted octanol–water partition coefficient (Wildman–Crippen LogP) is 3.53. The second-order valence-corrected chi connectivity index (χ2v) is 8.79. The van der Waals surface area contributed by atoms with Crippen molar-refractivity contribution in [2.45, 2.75) is 24.3 Å². The van der Waals surface area contributed by atoms with Gasteiger partial charge in [0.05, 0.1) is 10.4 Å². The van der Waals surface area contributed by atoms with Crippen molar-refractivity contribution in [1.29, 1.82) is 0 Å². The van der Waals surface area contributed by atoms with Crippen molar-refractivity contribution < 1.29 is 13.2 Å². The maximum atomic E-state index is 12.1. The zero-order chi connectivity index (χ0) is 15.3. The minimum absolute atomic E-state index is 0.271. The van der Waals surface area contributed by atoms with Crippen LogP contribution in [0, 0.1) is 0 Å². The average molecular weight is 390 g/mol. The van der Waals surface area contributed by atoms with E-state index in [9.17, 15) is 8.42 Å². The van der Waals surface area contributed by atoms with E-state index in [1.54, 1.807) is 12.1 Å². The Balaban J connectivity index is 1.96. The van der Waals surface area contributed by atoms with Crippen molar-refractivity contribution >= 4 is 37.3 Å². The van der Waals surface area contributed by atoms with Crippen LogP contribution in [-0.4, -0.2) is 15.0 Å². The Morgan fingerprint density at radius 3 is 2.38 bits per heavy atom. The monoisotopic (exact) mass is 389 g/mol. The van der Waals surface area contributed by atoms with Crippen LogP contribution in [0.1, 0.15) is 18.1 Å². The zero-order valence-corrected chi connectivity index (χ0v) is 14.7. The predicted molar refractivity (Wildman–Crippen MR) is 87.8 cm³/mol. The van der Waals surface area contributed by atoms with Gasteiger partial charge in [-0.2, -0.15) is 0 Å². The maximum absolute atomic E-state index is 12.1. The van der Waals surface area contributed by atoms with Crippen molar-refractivity contribution in [3.8, 4) is 0 Å². The number of ether oxygens (including phenoxy) is 1. The lowest BCUT2D eigenvalue weighted by Gasteiger charge is -2.06. The van der Waals surface area contributed by atoms with Crippen LogP contribution in [0.25, 0.3) is 0 Å². The normalized spacial score (nSPS) is 11.7. The summed E-state index contributed by atoms with van der Waals surface area (Å²) in [6, 6.07) is 11.0. The summed E-state index contributed by atoms with van der Waals surface area (Å²) in [5, 5.41) is 0. The number of hydrogen-bond donors (Lipinski definition) is 1. The molecule has 0 aliphatic heterocycles. The molecular formula is C14H16BrNO3S2. The molecule has 0 unspecified atom stereocenters. The molecule has 0 saturated heterocycles. The summed E-state index contributed by atoms with van der Waals surface area (Å²) in [6.45, 7) is 3.47. The molecule has 0 saturated carbocycles. The standard InChI is InChI=1S/C14H16BrNO3S2/c1-2-19-10-12-5-3-11(4-6-12)9-16-21(17,18)14-8-7-13(15)20-14/h3-8,16H,2,9-10H2,1H3. The number of benzene rings is 1. The minimum Gasteiger partial charge on any atom is -0.377 e. The minimum atomic E-state index is -3.45. The van der Waals surface area contributed by atoms with Gasteiger partial charge < -0.3 is 4.74 Å². The van der Waals surface area contributed by atoms with Crippen molar-refractivity contribution in [2.75, 3.05) is 6.61 Å². The van der Waals surface area contributed by atoms with E-state index in [2.05, 4.69) is 20.7 Å². The summed E-state index contributed by atoms with van der Waals surface area (Å²) in [4.78, 5) is 0. The van der Waals surface area contributed by atoms with Crippen molar-refractivity contribution in [2.24, 2.45) is 0 Å². The molecule has 2 rings (SSSR count). The van der Waals surface area contributed by atoms with Crippen LogP contribution in [0.3, 0.4) is 0 Å². The van der Waals surface area contributed by atoms with Gasteiger partial charge >= 0.3 is 0 Å². The zero-order valence-electron chi connectivity index (χ0n) is 11.5. The van der Waals surface area contributed by atoms with Gasteiger partial charge in [0.25, 0.3) is 0 Å². The molecule has 1 aromatic heterocycles. The van der Waals surface area contributed by atoms with Crippen LogP contribution < -0.4 is 4.72 Å². The van der Waals surface area contributed by atoms with Crippen molar-refractivity contribution in [3.05, 3.63) is 51.3 Å². The van der Waals surface area contributed by atoms with Crippen LogP contribution >= 0.6 is 27.3 Å². The molecule has 1 heterocycles. The molecule has 4 nitrogen and oxygen atoms in total. The first-order valence-corrected chi connectivity index (χ1v) is 9.51. The van der Waals surface area contributed by atoms with Gasteiger partial charge in [0.15, 0.2) is 0 Å². The highest BCUT2D eigenvalue weighted by Gasteiger charge is 2.15. The van der Waals surface area contributed by atoms with Crippen LogP contribution in [0.5, 0.6) is 0 Å². The second kappa shape index (κ2) is 7.51. The Hall–Kier alpha value is -0.730. The molecule has 1 aromatic carbocycles. The highest BCUT2D eigenvalue weighted by atomic mass is 79.9. The highest BCUT2D eigenvalue weighted by Crippen LogP contribution is 2.25. The Morgan fingerprint density at radius 1 is 1.14 bits per heavy atom. The molecule has 0 bridgehead atoms. The molecule has 114 valence electrons. The maximum Gasteiger partial charge on any atom is 0.250 e. The fourth-order valence-electron chi connectivity index (χ4n) is 1.66. The lowest BCUT2D eigenvalue weighted by atomic mass is 10.1. The summed E-state index contributed by atoms with van der Waals surface area (Å²) in [7, 11) is -3.45. The molecule has 0 atom stereocenters. The number of hydrogen-bond acceptors (Lipinski definition) is 4. The van der Waals surface area contributed by atoms with Crippen molar-refractivity contribution in [1.82, 2.24) is 4.72 Å². The molecule has 7 heteroatoms. The third-order valence-corrected chi connectivity index (χ3v) is 6.29. The fraction of sp³-hybridized carbons (Fsp3) is 0.286. The lowest BCUT2D eigenvalue weighted by molar-refractivity contribution is 0.134. The SMILES string of the molecule is CCOCc1ccc(CNS(=O)(=O)c2ccc(Br)s2)cc1. The Labute approximate surface area is 137 Å². The van der Waals surface area contributed by atoms with E-state index in [1.807, 2.05) is 31.2 Å². The van der Waals surface area contributed by atoms with Gasteiger partial charge in [-0.25, -0.2) is 13.1 Å². The van der Waals surface area contributed by atoms with Gasteiger partial charge in [0.2, 0.25) is 10.0 Å². The van der Waals surface area contributed by atoms with Gasteiger partial charge in [-0.05, 0) is 46.1 Å². The van der Waals surface area contributed by atoms with Crippen LogP contribution in [0.2, 0.25) is 0 Å². The number of rotatable bonds is 7. The van der Waals surface area contributed by atoms with E-state index in [1.165, 1.54) is 11.3 Å². The van der Waals surface area contributed by atoms with E-state index >= 15 is 0 Å². The molecule has 0 radical (unpaired) electrons. The summed E-state index contributed by atoms with van der Waals surface area (Å²) in [5.41, 5.74) is 1.99. The Bertz CT molecular complexity index is 680. The topological polar surface area (TPSA) is 55.4 Å². The van der Waals surface area contributed by atoms with Gasteiger partial charge in [-0.15, -0.1) is 11.3 Å². The highest BCUT2D eigenvalue weighted by molar-refractivity contribution is 9.11. The number of sulfonamides is 1. The molecule has 2 aromatic rings. The van der Waals surface area contributed by atoms with E-state index in [0.717, 1.165) is 14.9 Å². The molecule has 0 spiro atoms. The summed E-state index contributed by atoms with van der Waals surface area (Å²) in [5.74, 6) is 0. The van der Waals surface area contributed by atoms with E-state index < -0.39 is 10.0 Å². The van der Waals surface area contributed by atoms with Gasteiger partial charge in [0.1, 0.15) is 4.21 Å². The average Bonchev–Trinajstić information content (AvgIpc) is 2.91. The second-order valence-electron chi connectivity index (χ2n) is 4.34. The molecule has 0 aliphatic carbocycles. The van der Waals surface area contributed by atoms with Gasteiger partial charge in [-0.1, -0.05) is 24.3 Å². The summed E-state index contributed by atoms with van der Waals surface area (Å²) >= 11 is 4.45. The number of nitrogens with one attached hydrogen (secondary N) is 1. The third kappa shape index (κ3) is 4.89. The smallest absolute Gasteiger partial charge is 0.250 e. The number of thiophene rings is 1. The first-order valence-electron chi connectivity index (χ1n) is 6.42. The Kier molecular flexibility index (Phi) is 5.95. The first-order chi connectivity index (χ1) is 10.0. The largest absolute Gasteiger partial charge is 0.377 e. The molecule has 1 N–H and O–H groups in total. The van der Waals surface area contributed by atoms with Crippen molar-refractivity contribution in [3.63, 3.8) is 0 Å². The first kappa shape index (κ1) is 16.6. The molecule has 21 heavy (non-hydrogen) atoms. The Morgan fingerprint density at radius 2 is 1.81 bits per heavy atom. The summed E-state index contributed by atoms with van der Waals surface area (Å²) in [6.07, 6.45) is 0.